The number of carbonyl (C=O) groups is 1. The van der Waals surface area contributed by atoms with Gasteiger partial charge in [0.2, 0.25) is 5.91 Å². The van der Waals surface area contributed by atoms with Crippen molar-refractivity contribution in [3.05, 3.63) is 90.2 Å². The van der Waals surface area contributed by atoms with Gasteiger partial charge < -0.3 is 9.08 Å². The molecule has 1 unspecified atom stereocenters. The molecule has 8 heteroatoms. The molecule has 3 rings (SSSR count). The first-order chi connectivity index (χ1) is 15.8. The van der Waals surface area contributed by atoms with Crippen molar-refractivity contribution in [3.8, 4) is 5.75 Å². The van der Waals surface area contributed by atoms with E-state index in [1.165, 1.54) is 17.8 Å². The van der Waals surface area contributed by atoms with Gasteiger partial charge in [0, 0.05) is 17.5 Å². The van der Waals surface area contributed by atoms with Crippen molar-refractivity contribution < 1.29 is 21.8 Å². The molecule has 0 radical (unpaired) electrons. The first kappa shape index (κ1) is 24.8. The molecule has 0 N–H and O–H groups in total. The van der Waals surface area contributed by atoms with Crippen LogP contribution in [-0.4, -0.2) is 31.0 Å². The van der Waals surface area contributed by atoms with E-state index in [4.69, 9.17) is 4.18 Å². The normalized spacial score (nSPS) is 12.2. The van der Waals surface area contributed by atoms with E-state index in [1.807, 2.05) is 50.2 Å². The molecule has 0 aliphatic carbocycles. The minimum atomic E-state index is -4.10. The van der Waals surface area contributed by atoms with Crippen LogP contribution in [0.5, 0.6) is 5.75 Å². The van der Waals surface area contributed by atoms with Gasteiger partial charge in [0.05, 0.1) is 5.75 Å². The van der Waals surface area contributed by atoms with E-state index in [9.17, 15) is 17.6 Å². The monoisotopic (exact) mass is 487 g/mol. The van der Waals surface area contributed by atoms with Gasteiger partial charge in [0.25, 0.3) is 0 Å². The number of halogens is 1. The van der Waals surface area contributed by atoms with Gasteiger partial charge in [0.1, 0.15) is 16.5 Å². The Bertz CT molecular complexity index is 1170. The molecule has 0 aliphatic heterocycles. The van der Waals surface area contributed by atoms with E-state index in [2.05, 4.69) is 0 Å². The van der Waals surface area contributed by atoms with E-state index in [1.54, 1.807) is 17.0 Å². The SMILES string of the molecule is CCC(C)N(Cc1cccc(OS(=O)(=O)c2ccc(F)cc2)c1)C(=O)CSc1ccccc1. The van der Waals surface area contributed by atoms with Crippen LogP contribution >= 0.6 is 11.8 Å². The maximum Gasteiger partial charge on any atom is 0.339 e. The Hall–Kier alpha value is -2.84. The van der Waals surface area contributed by atoms with Gasteiger partial charge in [-0.3, -0.25) is 4.79 Å². The zero-order chi connectivity index (χ0) is 23.8. The number of amides is 1. The predicted octanol–water partition coefficient (Wildman–Crippen LogP) is 5.51. The summed E-state index contributed by atoms with van der Waals surface area (Å²) in [6.45, 7) is 4.34. The number of hydrogen-bond acceptors (Lipinski definition) is 5. The van der Waals surface area contributed by atoms with Crippen molar-refractivity contribution in [3.63, 3.8) is 0 Å². The summed E-state index contributed by atoms with van der Waals surface area (Å²) < 4.78 is 43.4. The molecule has 0 saturated carbocycles. The fourth-order valence-electron chi connectivity index (χ4n) is 3.12. The second-order valence-corrected chi connectivity index (χ2v) is 10.1. The highest BCUT2D eigenvalue weighted by molar-refractivity contribution is 8.00. The van der Waals surface area contributed by atoms with Crippen LogP contribution in [0.3, 0.4) is 0 Å². The lowest BCUT2D eigenvalue weighted by molar-refractivity contribution is -0.131. The molecule has 3 aromatic carbocycles. The van der Waals surface area contributed by atoms with Crippen molar-refractivity contribution in [2.75, 3.05) is 5.75 Å². The highest BCUT2D eigenvalue weighted by Gasteiger charge is 2.21. The summed E-state index contributed by atoms with van der Waals surface area (Å²) in [7, 11) is -4.10. The van der Waals surface area contributed by atoms with Crippen LogP contribution in [0.25, 0.3) is 0 Å². The van der Waals surface area contributed by atoms with E-state index in [0.717, 1.165) is 41.1 Å². The van der Waals surface area contributed by atoms with E-state index < -0.39 is 15.9 Å². The Morgan fingerprint density at radius 3 is 2.39 bits per heavy atom. The minimum Gasteiger partial charge on any atom is -0.379 e. The zero-order valence-corrected chi connectivity index (χ0v) is 20.1. The van der Waals surface area contributed by atoms with Crippen LogP contribution in [-0.2, 0) is 21.5 Å². The third kappa shape index (κ3) is 7.07. The summed E-state index contributed by atoms with van der Waals surface area (Å²) in [5, 5.41) is 0. The maximum absolute atomic E-state index is 13.1. The van der Waals surface area contributed by atoms with Crippen LogP contribution in [0.4, 0.5) is 4.39 Å². The number of nitrogens with zero attached hydrogens (tertiary/aromatic N) is 1. The highest BCUT2D eigenvalue weighted by atomic mass is 32.2. The van der Waals surface area contributed by atoms with Gasteiger partial charge in [0.15, 0.2) is 0 Å². The second-order valence-electron chi connectivity index (χ2n) is 7.52. The van der Waals surface area contributed by atoms with E-state index in [0.29, 0.717) is 12.3 Å². The number of hydrogen-bond donors (Lipinski definition) is 0. The lowest BCUT2D eigenvalue weighted by Crippen LogP contribution is -2.38. The molecule has 0 spiro atoms. The molecule has 0 aliphatic rings. The quantitative estimate of drug-likeness (QED) is 0.279. The smallest absolute Gasteiger partial charge is 0.339 e. The lowest BCUT2D eigenvalue weighted by Gasteiger charge is -2.29. The first-order valence-corrected chi connectivity index (χ1v) is 12.9. The van der Waals surface area contributed by atoms with Crippen LogP contribution in [0.2, 0.25) is 0 Å². The van der Waals surface area contributed by atoms with Gasteiger partial charge >= 0.3 is 10.1 Å². The maximum atomic E-state index is 13.1. The molecular formula is C25H26FNO4S2. The Kier molecular flexibility index (Phi) is 8.52. The van der Waals surface area contributed by atoms with Crippen molar-refractivity contribution in [2.24, 2.45) is 0 Å². The van der Waals surface area contributed by atoms with Crippen LogP contribution in [0.1, 0.15) is 25.8 Å². The fourth-order valence-corrected chi connectivity index (χ4v) is 4.85. The molecule has 1 amide bonds. The standard InChI is InChI=1S/C25H26FNO4S2/c1-3-19(2)27(25(28)18-32-23-10-5-4-6-11-23)17-20-8-7-9-22(16-20)31-33(29,30)24-14-12-21(26)13-15-24/h4-16,19H,3,17-18H2,1-2H3. The average molecular weight is 488 g/mol. The van der Waals surface area contributed by atoms with Crippen molar-refractivity contribution in [1.29, 1.82) is 0 Å². The third-order valence-electron chi connectivity index (χ3n) is 5.11. The summed E-state index contributed by atoms with van der Waals surface area (Å²) in [5.74, 6) is -0.0876. The van der Waals surface area contributed by atoms with E-state index in [-0.39, 0.29) is 22.6 Å². The third-order valence-corrected chi connectivity index (χ3v) is 7.37. The summed E-state index contributed by atoms with van der Waals surface area (Å²) in [5.41, 5.74) is 0.750. The first-order valence-electron chi connectivity index (χ1n) is 10.5. The molecule has 0 fully saturated rings. The summed E-state index contributed by atoms with van der Waals surface area (Å²) in [4.78, 5) is 15.7. The summed E-state index contributed by atoms with van der Waals surface area (Å²) in [6, 6.07) is 20.8. The van der Waals surface area contributed by atoms with E-state index >= 15 is 0 Å². The Labute approximate surface area is 198 Å². The number of benzene rings is 3. The minimum absolute atomic E-state index is 0.00320. The molecular weight excluding hydrogens is 461 g/mol. The predicted molar refractivity (Wildman–Crippen MR) is 128 cm³/mol. The topological polar surface area (TPSA) is 63.7 Å². The van der Waals surface area contributed by atoms with Gasteiger partial charge in [-0.05, 0) is 67.4 Å². The molecule has 0 bridgehead atoms. The molecule has 0 saturated heterocycles. The molecule has 174 valence electrons. The summed E-state index contributed by atoms with van der Waals surface area (Å²) in [6.07, 6.45) is 0.789. The highest BCUT2D eigenvalue weighted by Crippen LogP contribution is 2.23. The summed E-state index contributed by atoms with van der Waals surface area (Å²) >= 11 is 1.48. The molecule has 0 aromatic heterocycles. The Balaban J connectivity index is 1.72. The molecule has 1 atom stereocenters. The van der Waals surface area contributed by atoms with Crippen LogP contribution < -0.4 is 4.18 Å². The average Bonchev–Trinajstić information content (AvgIpc) is 2.81. The van der Waals surface area contributed by atoms with Crippen molar-refractivity contribution in [2.45, 2.75) is 42.6 Å². The van der Waals surface area contributed by atoms with Gasteiger partial charge in [-0.1, -0.05) is 37.3 Å². The molecule has 3 aromatic rings. The lowest BCUT2D eigenvalue weighted by atomic mass is 10.1. The zero-order valence-electron chi connectivity index (χ0n) is 18.5. The van der Waals surface area contributed by atoms with Crippen LogP contribution in [0.15, 0.2) is 88.7 Å². The van der Waals surface area contributed by atoms with Gasteiger partial charge in [-0.2, -0.15) is 8.42 Å². The Morgan fingerprint density at radius 2 is 1.73 bits per heavy atom. The number of thioether (sulfide) groups is 1. The molecule has 0 heterocycles. The molecule has 33 heavy (non-hydrogen) atoms. The molecule has 5 nitrogen and oxygen atoms in total. The number of carbonyl (C=O) groups excluding carboxylic acids is 1. The van der Waals surface area contributed by atoms with Crippen molar-refractivity contribution in [1.82, 2.24) is 4.90 Å². The largest absolute Gasteiger partial charge is 0.379 e. The van der Waals surface area contributed by atoms with Crippen molar-refractivity contribution >= 4 is 27.8 Å². The van der Waals surface area contributed by atoms with Gasteiger partial charge in [-0.25, -0.2) is 4.39 Å². The second kappa shape index (κ2) is 11.3. The Morgan fingerprint density at radius 1 is 1.03 bits per heavy atom. The number of rotatable bonds is 10. The van der Waals surface area contributed by atoms with Crippen LogP contribution in [0, 0.1) is 5.82 Å². The van der Waals surface area contributed by atoms with Gasteiger partial charge in [-0.15, -0.1) is 11.8 Å². The fraction of sp³-hybridized carbons (Fsp3) is 0.240.